The molecule has 1 rings (SSSR count). The van der Waals surface area contributed by atoms with Crippen molar-refractivity contribution in [3.05, 3.63) is 0 Å². The Morgan fingerprint density at radius 3 is 2.06 bits per heavy atom. The Labute approximate surface area is 103 Å². The predicted octanol–water partition coefficient (Wildman–Crippen LogP) is -0.291. The van der Waals surface area contributed by atoms with Crippen molar-refractivity contribution in [2.45, 2.75) is 32.1 Å². The molecule has 0 bridgehead atoms. The summed E-state index contributed by atoms with van der Waals surface area (Å²) in [5.74, 6) is 0.00259. The van der Waals surface area contributed by atoms with E-state index in [1.165, 1.54) is 4.90 Å². The Hall–Kier alpha value is -0.650. The molecule has 0 radical (unpaired) electrons. The molecule has 0 heterocycles. The number of hydrogen-bond acceptors (Lipinski definition) is 4. The molecule has 0 aliphatic heterocycles. The van der Waals surface area contributed by atoms with Crippen molar-refractivity contribution in [1.82, 2.24) is 4.90 Å². The fraction of sp³-hybridized carbons (Fsp3) is 0.917. The van der Waals surface area contributed by atoms with Crippen LogP contribution in [0.1, 0.15) is 32.1 Å². The Bertz CT molecular complexity index is 234. The van der Waals surface area contributed by atoms with Crippen molar-refractivity contribution >= 4 is 5.91 Å². The third-order valence-corrected chi connectivity index (χ3v) is 3.68. The minimum Gasteiger partial charge on any atom is -0.395 e. The summed E-state index contributed by atoms with van der Waals surface area (Å²) in [4.78, 5) is 14.0. The number of hydrogen-bond donors (Lipinski definition) is 3. The van der Waals surface area contributed by atoms with E-state index in [9.17, 15) is 4.79 Å². The van der Waals surface area contributed by atoms with Crippen LogP contribution < -0.4 is 5.73 Å². The lowest BCUT2D eigenvalue weighted by molar-refractivity contribution is -0.144. The van der Waals surface area contributed by atoms with Gasteiger partial charge in [0.2, 0.25) is 5.91 Å². The molecule has 5 nitrogen and oxygen atoms in total. The van der Waals surface area contributed by atoms with Crippen molar-refractivity contribution in [3.8, 4) is 0 Å². The van der Waals surface area contributed by atoms with Crippen LogP contribution in [0, 0.1) is 5.41 Å². The summed E-state index contributed by atoms with van der Waals surface area (Å²) < 4.78 is 0. The Balaban J connectivity index is 2.74. The fourth-order valence-electron chi connectivity index (χ4n) is 2.63. The van der Waals surface area contributed by atoms with E-state index in [1.807, 2.05) is 0 Å². The van der Waals surface area contributed by atoms with Gasteiger partial charge < -0.3 is 20.8 Å². The van der Waals surface area contributed by atoms with Gasteiger partial charge in [0.15, 0.2) is 0 Å². The van der Waals surface area contributed by atoms with Crippen molar-refractivity contribution < 1.29 is 15.0 Å². The van der Waals surface area contributed by atoms with E-state index in [4.69, 9.17) is 15.9 Å². The average molecular weight is 244 g/mol. The summed E-state index contributed by atoms with van der Waals surface area (Å²) in [6.07, 6.45) is 4.89. The highest BCUT2D eigenvalue weighted by molar-refractivity contribution is 5.83. The standard InChI is InChI=1S/C12H24N2O3/c13-10-12(4-2-1-3-5-12)11(17)14(6-8-15)7-9-16/h15-16H,1-10,13H2. The molecule has 0 aromatic rings. The van der Waals surface area contributed by atoms with Crippen molar-refractivity contribution in [1.29, 1.82) is 0 Å². The van der Waals surface area contributed by atoms with Crippen LogP contribution in [0.2, 0.25) is 0 Å². The maximum Gasteiger partial charge on any atom is 0.230 e. The van der Waals surface area contributed by atoms with Gasteiger partial charge >= 0.3 is 0 Å². The molecule has 1 saturated carbocycles. The molecule has 0 atom stereocenters. The Morgan fingerprint density at radius 1 is 1.12 bits per heavy atom. The van der Waals surface area contributed by atoms with E-state index < -0.39 is 5.41 Å². The van der Waals surface area contributed by atoms with Crippen LogP contribution in [0.5, 0.6) is 0 Å². The van der Waals surface area contributed by atoms with Crippen molar-refractivity contribution in [3.63, 3.8) is 0 Å². The average Bonchev–Trinajstić information content (AvgIpc) is 2.38. The highest BCUT2D eigenvalue weighted by Crippen LogP contribution is 2.37. The maximum absolute atomic E-state index is 12.5. The molecule has 0 aromatic heterocycles. The van der Waals surface area contributed by atoms with E-state index >= 15 is 0 Å². The zero-order valence-electron chi connectivity index (χ0n) is 10.4. The van der Waals surface area contributed by atoms with Crippen molar-refractivity contribution in [2.24, 2.45) is 11.1 Å². The number of amides is 1. The van der Waals surface area contributed by atoms with Crippen LogP contribution in [-0.4, -0.2) is 53.9 Å². The highest BCUT2D eigenvalue weighted by Gasteiger charge is 2.40. The SMILES string of the molecule is NCC1(C(=O)N(CCO)CCO)CCCCC1. The molecule has 0 spiro atoms. The van der Waals surface area contributed by atoms with Gasteiger partial charge in [0.25, 0.3) is 0 Å². The van der Waals surface area contributed by atoms with Crippen molar-refractivity contribution in [2.75, 3.05) is 32.8 Å². The van der Waals surface area contributed by atoms with E-state index in [-0.39, 0.29) is 32.2 Å². The van der Waals surface area contributed by atoms with Gasteiger partial charge in [-0.1, -0.05) is 19.3 Å². The highest BCUT2D eigenvalue weighted by atomic mass is 16.3. The van der Waals surface area contributed by atoms with Crippen LogP contribution in [0.3, 0.4) is 0 Å². The Kier molecular flexibility index (Phi) is 5.88. The van der Waals surface area contributed by atoms with E-state index in [0.717, 1.165) is 32.1 Å². The van der Waals surface area contributed by atoms with E-state index in [1.54, 1.807) is 0 Å². The van der Waals surface area contributed by atoms with Crippen LogP contribution in [-0.2, 0) is 4.79 Å². The van der Waals surface area contributed by atoms with Gasteiger partial charge in [0, 0.05) is 19.6 Å². The molecule has 1 fully saturated rings. The molecular weight excluding hydrogens is 220 g/mol. The molecule has 100 valence electrons. The number of carbonyl (C=O) groups is 1. The third kappa shape index (κ3) is 3.40. The van der Waals surface area contributed by atoms with Gasteiger partial charge in [-0.3, -0.25) is 4.79 Å². The second-order valence-electron chi connectivity index (χ2n) is 4.78. The van der Waals surface area contributed by atoms with E-state index in [2.05, 4.69) is 0 Å². The summed E-state index contributed by atoms with van der Waals surface area (Å²) in [6.45, 7) is 0.764. The van der Waals surface area contributed by atoms with Crippen LogP contribution in [0.4, 0.5) is 0 Å². The summed E-state index contributed by atoms with van der Waals surface area (Å²) in [7, 11) is 0. The second-order valence-corrected chi connectivity index (χ2v) is 4.78. The molecule has 1 amide bonds. The Morgan fingerprint density at radius 2 is 1.65 bits per heavy atom. The number of carbonyl (C=O) groups excluding carboxylic acids is 1. The summed E-state index contributed by atoms with van der Waals surface area (Å²) in [6, 6.07) is 0. The number of rotatable bonds is 6. The summed E-state index contributed by atoms with van der Waals surface area (Å²) in [5, 5.41) is 17.9. The first kappa shape index (κ1) is 14.4. The van der Waals surface area contributed by atoms with Gasteiger partial charge in [-0.15, -0.1) is 0 Å². The first-order valence-electron chi connectivity index (χ1n) is 6.41. The molecule has 0 saturated heterocycles. The lowest BCUT2D eigenvalue weighted by atomic mass is 9.73. The first-order chi connectivity index (χ1) is 8.20. The van der Waals surface area contributed by atoms with Gasteiger partial charge in [-0.25, -0.2) is 0 Å². The van der Waals surface area contributed by atoms with E-state index in [0.29, 0.717) is 6.54 Å². The number of nitrogens with zero attached hydrogens (tertiary/aromatic N) is 1. The zero-order valence-corrected chi connectivity index (χ0v) is 10.4. The first-order valence-corrected chi connectivity index (χ1v) is 6.41. The second kappa shape index (κ2) is 6.93. The lowest BCUT2D eigenvalue weighted by Crippen LogP contribution is -2.50. The quantitative estimate of drug-likeness (QED) is 0.599. The molecule has 0 aromatic carbocycles. The summed E-state index contributed by atoms with van der Waals surface area (Å²) >= 11 is 0. The largest absolute Gasteiger partial charge is 0.395 e. The normalized spacial score (nSPS) is 19.0. The van der Waals surface area contributed by atoms with Gasteiger partial charge in [-0.2, -0.15) is 0 Å². The molecule has 0 unspecified atom stereocenters. The zero-order chi connectivity index (χ0) is 12.7. The van der Waals surface area contributed by atoms with Crippen LogP contribution in [0.25, 0.3) is 0 Å². The molecule has 1 aliphatic carbocycles. The topological polar surface area (TPSA) is 86.8 Å². The molecular formula is C12H24N2O3. The maximum atomic E-state index is 12.5. The molecule has 17 heavy (non-hydrogen) atoms. The van der Waals surface area contributed by atoms with Crippen LogP contribution >= 0.6 is 0 Å². The number of aliphatic hydroxyl groups is 2. The molecule has 4 N–H and O–H groups in total. The summed E-state index contributed by atoms with van der Waals surface area (Å²) in [5.41, 5.74) is 5.34. The fourth-order valence-corrected chi connectivity index (χ4v) is 2.63. The van der Waals surface area contributed by atoms with Gasteiger partial charge in [-0.05, 0) is 12.8 Å². The minimum absolute atomic E-state index is 0.00259. The number of aliphatic hydroxyl groups excluding tert-OH is 2. The monoisotopic (exact) mass is 244 g/mol. The van der Waals surface area contributed by atoms with Gasteiger partial charge in [0.1, 0.15) is 0 Å². The van der Waals surface area contributed by atoms with Crippen LogP contribution in [0.15, 0.2) is 0 Å². The third-order valence-electron chi connectivity index (χ3n) is 3.68. The minimum atomic E-state index is -0.456. The predicted molar refractivity (Wildman–Crippen MR) is 65.3 cm³/mol. The number of nitrogens with two attached hydrogens (primary N) is 1. The molecule has 5 heteroatoms. The molecule has 1 aliphatic rings. The smallest absolute Gasteiger partial charge is 0.230 e. The lowest BCUT2D eigenvalue weighted by Gasteiger charge is -2.38. The van der Waals surface area contributed by atoms with Gasteiger partial charge in [0.05, 0.1) is 18.6 Å².